The van der Waals surface area contributed by atoms with Crippen LogP contribution in [0.4, 0.5) is 11.4 Å². The van der Waals surface area contributed by atoms with Gasteiger partial charge in [-0.25, -0.2) is 0 Å². The van der Waals surface area contributed by atoms with E-state index in [1.165, 1.54) is 0 Å². The molecule has 21 heavy (non-hydrogen) atoms. The molecule has 2 N–H and O–H groups in total. The number of hydrogen-bond acceptors (Lipinski definition) is 3. The van der Waals surface area contributed by atoms with Crippen molar-refractivity contribution >= 4 is 23.2 Å². The van der Waals surface area contributed by atoms with Crippen LogP contribution in [0.25, 0.3) is 0 Å². The standard InChI is InChI=1S/C16H21N3O2/c1-4-11-17-14(20)16(9-10-16)15(21)18-12-5-7-13(8-6-12)19(2)3/h4-8H,1,9-11H2,2-3H3,(H,17,20)(H,18,21). The molecule has 112 valence electrons. The summed E-state index contributed by atoms with van der Waals surface area (Å²) in [6.07, 6.45) is 2.79. The zero-order chi connectivity index (χ0) is 15.5. The maximum absolute atomic E-state index is 12.3. The SMILES string of the molecule is C=CCNC(=O)C1(C(=O)Nc2ccc(N(C)C)cc2)CC1. The molecule has 0 unspecified atom stereocenters. The van der Waals surface area contributed by atoms with E-state index in [1.54, 1.807) is 6.08 Å². The van der Waals surface area contributed by atoms with E-state index in [0.717, 1.165) is 5.69 Å². The molecule has 5 heteroatoms. The quantitative estimate of drug-likeness (QED) is 0.619. The van der Waals surface area contributed by atoms with Crippen LogP contribution >= 0.6 is 0 Å². The minimum absolute atomic E-state index is 0.218. The van der Waals surface area contributed by atoms with Crippen LogP contribution in [0, 0.1) is 5.41 Å². The molecule has 1 aliphatic rings. The lowest BCUT2D eigenvalue weighted by Crippen LogP contribution is -2.40. The highest BCUT2D eigenvalue weighted by molar-refractivity contribution is 6.13. The fourth-order valence-electron chi connectivity index (χ4n) is 2.11. The van der Waals surface area contributed by atoms with Gasteiger partial charge < -0.3 is 15.5 Å². The zero-order valence-electron chi connectivity index (χ0n) is 12.5. The monoisotopic (exact) mass is 287 g/mol. The van der Waals surface area contributed by atoms with Crippen molar-refractivity contribution in [3.05, 3.63) is 36.9 Å². The van der Waals surface area contributed by atoms with Gasteiger partial charge in [0.05, 0.1) is 0 Å². The Morgan fingerprint density at radius 2 is 1.86 bits per heavy atom. The Morgan fingerprint density at radius 3 is 2.33 bits per heavy atom. The summed E-state index contributed by atoms with van der Waals surface area (Å²) in [7, 11) is 3.91. The topological polar surface area (TPSA) is 61.4 Å². The smallest absolute Gasteiger partial charge is 0.240 e. The van der Waals surface area contributed by atoms with Crippen LogP contribution in [-0.4, -0.2) is 32.5 Å². The minimum Gasteiger partial charge on any atom is -0.378 e. The molecule has 0 atom stereocenters. The number of benzene rings is 1. The van der Waals surface area contributed by atoms with Crippen molar-refractivity contribution in [1.29, 1.82) is 0 Å². The molecule has 0 spiro atoms. The van der Waals surface area contributed by atoms with Crippen molar-refractivity contribution in [3.8, 4) is 0 Å². The lowest BCUT2D eigenvalue weighted by Gasteiger charge is -2.16. The number of nitrogens with one attached hydrogen (secondary N) is 2. The van der Waals surface area contributed by atoms with Crippen LogP contribution < -0.4 is 15.5 Å². The van der Waals surface area contributed by atoms with Gasteiger partial charge in [-0.1, -0.05) is 6.08 Å². The highest BCUT2D eigenvalue weighted by atomic mass is 16.2. The molecule has 5 nitrogen and oxygen atoms in total. The summed E-state index contributed by atoms with van der Waals surface area (Å²) in [6, 6.07) is 7.52. The molecular weight excluding hydrogens is 266 g/mol. The van der Waals surface area contributed by atoms with E-state index in [9.17, 15) is 9.59 Å². The molecule has 1 aromatic rings. The molecule has 1 aliphatic carbocycles. The zero-order valence-corrected chi connectivity index (χ0v) is 12.5. The fraction of sp³-hybridized carbons (Fsp3) is 0.375. The van der Waals surface area contributed by atoms with E-state index >= 15 is 0 Å². The number of hydrogen-bond donors (Lipinski definition) is 2. The van der Waals surface area contributed by atoms with Crippen LogP contribution in [0.5, 0.6) is 0 Å². The van der Waals surface area contributed by atoms with E-state index in [0.29, 0.717) is 25.1 Å². The third kappa shape index (κ3) is 3.24. The summed E-state index contributed by atoms with van der Waals surface area (Å²) in [5, 5.41) is 5.53. The Balaban J connectivity index is 2.01. The molecule has 0 bridgehead atoms. The first-order valence-corrected chi connectivity index (χ1v) is 6.97. The van der Waals surface area contributed by atoms with E-state index < -0.39 is 5.41 Å². The largest absolute Gasteiger partial charge is 0.378 e. The molecule has 0 aromatic heterocycles. The van der Waals surface area contributed by atoms with Crippen LogP contribution in [0.1, 0.15) is 12.8 Å². The summed E-state index contributed by atoms with van der Waals surface area (Å²) in [4.78, 5) is 26.3. The van der Waals surface area contributed by atoms with Gasteiger partial charge in [0.2, 0.25) is 11.8 Å². The summed E-state index contributed by atoms with van der Waals surface area (Å²) in [5.41, 5.74) is 0.856. The highest BCUT2D eigenvalue weighted by Crippen LogP contribution is 2.46. The summed E-state index contributed by atoms with van der Waals surface area (Å²) < 4.78 is 0. The average molecular weight is 287 g/mol. The molecule has 1 saturated carbocycles. The number of rotatable bonds is 6. The molecule has 0 radical (unpaired) electrons. The fourth-order valence-corrected chi connectivity index (χ4v) is 2.11. The third-order valence-corrected chi connectivity index (χ3v) is 3.67. The number of carbonyl (C=O) groups is 2. The number of carbonyl (C=O) groups excluding carboxylic acids is 2. The molecule has 0 aliphatic heterocycles. The number of nitrogens with zero attached hydrogens (tertiary/aromatic N) is 1. The van der Waals surface area contributed by atoms with E-state index in [4.69, 9.17) is 0 Å². The molecule has 1 aromatic carbocycles. The predicted molar refractivity (Wildman–Crippen MR) is 84.3 cm³/mol. The molecule has 0 heterocycles. The first-order chi connectivity index (χ1) is 9.99. The number of amides is 2. The van der Waals surface area contributed by atoms with Gasteiger partial charge >= 0.3 is 0 Å². The first-order valence-electron chi connectivity index (χ1n) is 6.97. The Kier molecular flexibility index (Phi) is 4.31. The molecule has 2 rings (SSSR count). The first kappa shape index (κ1) is 15.1. The Morgan fingerprint density at radius 1 is 1.24 bits per heavy atom. The Bertz CT molecular complexity index is 545. The van der Waals surface area contributed by atoms with Crippen LogP contribution in [0.2, 0.25) is 0 Å². The van der Waals surface area contributed by atoms with Crippen LogP contribution in [0.3, 0.4) is 0 Å². The molecule has 2 amide bonds. The van der Waals surface area contributed by atoms with E-state index in [1.807, 2.05) is 43.3 Å². The normalized spacial score (nSPS) is 15.0. The predicted octanol–water partition coefficient (Wildman–Crippen LogP) is 1.77. The maximum Gasteiger partial charge on any atom is 0.240 e. The summed E-state index contributed by atoms with van der Waals surface area (Å²) in [6.45, 7) is 3.93. The van der Waals surface area contributed by atoms with Crippen molar-refractivity contribution in [3.63, 3.8) is 0 Å². The minimum atomic E-state index is -0.900. The van der Waals surface area contributed by atoms with Gasteiger partial charge in [-0.2, -0.15) is 0 Å². The van der Waals surface area contributed by atoms with Crippen molar-refractivity contribution in [2.24, 2.45) is 5.41 Å². The molecular formula is C16H21N3O2. The van der Waals surface area contributed by atoms with Crippen molar-refractivity contribution < 1.29 is 9.59 Å². The van der Waals surface area contributed by atoms with Crippen LogP contribution in [0.15, 0.2) is 36.9 Å². The number of anilines is 2. The lowest BCUT2D eigenvalue weighted by atomic mass is 10.1. The van der Waals surface area contributed by atoms with Gasteiger partial charge in [0.1, 0.15) is 5.41 Å². The van der Waals surface area contributed by atoms with Gasteiger partial charge in [-0.05, 0) is 37.1 Å². The second-order valence-corrected chi connectivity index (χ2v) is 5.48. The van der Waals surface area contributed by atoms with Crippen molar-refractivity contribution in [2.45, 2.75) is 12.8 Å². The Labute approximate surface area is 125 Å². The highest BCUT2D eigenvalue weighted by Gasteiger charge is 2.56. The van der Waals surface area contributed by atoms with Gasteiger partial charge in [-0.3, -0.25) is 9.59 Å². The molecule has 1 fully saturated rings. The third-order valence-electron chi connectivity index (χ3n) is 3.67. The second-order valence-electron chi connectivity index (χ2n) is 5.48. The van der Waals surface area contributed by atoms with Gasteiger partial charge in [-0.15, -0.1) is 6.58 Å². The second kappa shape index (κ2) is 5.99. The van der Waals surface area contributed by atoms with E-state index in [2.05, 4.69) is 17.2 Å². The summed E-state index contributed by atoms with van der Waals surface area (Å²) in [5.74, 6) is -0.452. The van der Waals surface area contributed by atoms with Crippen molar-refractivity contribution in [1.82, 2.24) is 5.32 Å². The summed E-state index contributed by atoms with van der Waals surface area (Å²) >= 11 is 0. The lowest BCUT2D eigenvalue weighted by molar-refractivity contribution is -0.134. The Hall–Kier alpha value is -2.30. The van der Waals surface area contributed by atoms with Gasteiger partial charge in [0.15, 0.2) is 0 Å². The molecule has 0 saturated heterocycles. The van der Waals surface area contributed by atoms with Crippen molar-refractivity contribution in [2.75, 3.05) is 30.9 Å². The van der Waals surface area contributed by atoms with Gasteiger partial charge in [0.25, 0.3) is 0 Å². The maximum atomic E-state index is 12.3. The van der Waals surface area contributed by atoms with Crippen LogP contribution in [-0.2, 0) is 9.59 Å². The average Bonchev–Trinajstić information content (AvgIpc) is 3.27. The van der Waals surface area contributed by atoms with Gasteiger partial charge in [0, 0.05) is 32.0 Å². The van der Waals surface area contributed by atoms with E-state index in [-0.39, 0.29) is 11.8 Å².